The van der Waals surface area contributed by atoms with Crippen LogP contribution in [-0.2, 0) is 32.6 Å². The van der Waals surface area contributed by atoms with Crippen molar-refractivity contribution in [3.8, 4) is 11.1 Å². The average molecular weight is 667 g/mol. The molecule has 48 heavy (non-hydrogen) atoms. The van der Waals surface area contributed by atoms with Crippen molar-refractivity contribution >= 4 is 10.0 Å². The molecule has 0 spiro atoms. The summed E-state index contributed by atoms with van der Waals surface area (Å²) in [5.41, 5.74) is 5.67. The van der Waals surface area contributed by atoms with E-state index < -0.39 is 16.3 Å². The second-order valence-corrected chi connectivity index (χ2v) is 14.7. The molecule has 2 N–H and O–H groups in total. The molecule has 4 atom stereocenters. The maximum absolute atomic E-state index is 12.9. The maximum atomic E-state index is 12.9. The molecule has 1 aliphatic heterocycles. The summed E-state index contributed by atoms with van der Waals surface area (Å²) in [6.45, 7) is 8.05. The number of hydrogen-bond donors (Lipinski definition) is 2. The molecule has 1 saturated carbocycles. The lowest BCUT2D eigenvalue weighted by atomic mass is 9.89. The van der Waals surface area contributed by atoms with Crippen molar-refractivity contribution in [1.82, 2.24) is 9.62 Å². The van der Waals surface area contributed by atoms with Gasteiger partial charge in [0.2, 0.25) is 10.0 Å². The molecule has 1 heterocycles. The van der Waals surface area contributed by atoms with E-state index >= 15 is 0 Å². The van der Waals surface area contributed by atoms with Gasteiger partial charge in [-0.25, -0.2) is 13.1 Å². The number of ether oxygens (including phenoxy) is 2. The normalized spacial score (nSPS) is 21.8. The van der Waals surface area contributed by atoms with E-state index in [2.05, 4.69) is 35.3 Å². The number of nitrogens with zero attached hydrogens (tertiary/aromatic N) is 1. The van der Waals surface area contributed by atoms with E-state index in [1.807, 2.05) is 66.7 Å². The van der Waals surface area contributed by atoms with Crippen LogP contribution >= 0.6 is 0 Å². The van der Waals surface area contributed by atoms with Crippen molar-refractivity contribution in [2.75, 3.05) is 13.1 Å². The monoisotopic (exact) mass is 666 g/mol. The first-order valence-corrected chi connectivity index (χ1v) is 18.4. The van der Waals surface area contributed by atoms with Crippen LogP contribution in [0.25, 0.3) is 11.1 Å². The molecule has 0 unspecified atom stereocenters. The molecule has 0 bridgehead atoms. The Hall–Kier alpha value is -3.63. The minimum atomic E-state index is -3.64. The second kappa shape index (κ2) is 15.7. The molecular weight excluding hydrogens is 621 g/mol. The van der Waals surface area contributed by atoms with E-state index in [4.69, 9.17) is 9.47 Å². The number of benzene rings is 4. The topological polar surface area (TPSA) is 88.1 Å². The highest BCUT2D eigenvalue weighted by molar-refractivity contribution is 7.89. The fourth-order valence-corrected chi connectivity index (χ4v) is 8.03. The van der Waals surface area contributed by atoms with Crippen LogP contribution in [0.5, 0.6) is 0 Å². The zero-order valence-electron chi connectivity index (χ0n) is 27.6. The van der Waals surface area contributed by atoms with Gasteiger partial charge in [-0.3, -0.25) is 4.90 Å². The Morgan fingerprint density at radius 2 is 1.54 bits per heavy atom. The molecule has 252 valence electrons. The molecule has 1 saturated heterocycles. The Morgan fingerprint density at radius 1 is 0.875 bits per heavy atom. The predicted octanol–water partition coefficient (Wildman–Crippen LogP) is 7.55. The van der Waals surface area contributed by atoms with Gasteiger partial charge >= 0.3 is 0 Å². The molecular formula is C40H46N2O5S. The van der Waals surface area contributed by atoms with Crippen LogP contribution in [-0.4, -0.2) is 43.7 Å². The van der Waals surface area contributed by atoms with E-state index in [1.165, 1.54) is 25.7 Å². The van der Waals surface area contributed by atoms with Gasteiger partial charge in [-0.15, -0.1) is 6.58 Å². The number of aliphatic hydroxyl groups is 1. The maximum Gasteiger partial charge on any atom is 0.240 e. The van der Waals surface area contributed by atoms with Crippen LogP contribution < -0.4 is 4.72 Å². The van der Waals surface area contributed by atoms with Crippen LogP contribution in [0.3, 0.4) is 0 Å². The summed E-state index contributed by atoms with van der Waals surface area (Å²) < 4.78 is 42.1. The summed E-state index contributed by atoms with van der Waals surface area (Å²) in [6, 6.07) is 33.0. The van der Waals surface area contributed by atoms with Crippen LogP contribution in [0.4, 0.5) is 0 Å². The summed E-state index contributed by atoms with van der Waals surface area (Å²) in [5, 5.41) is 9.62. The molecule has 6 rings (SSSR count). The van der Waals surface area contributed by atoms with Crippen molar-refractivity contribution in [3.05, 3.63) is 138 Å². The van der Waals surface area contributed by atoms with Crippen molar-refractivity contribution in [3.63, 3.8) is 0 Å². The van der Waals surface area contributed by atoms with Crippen molar-refractivity contribution in [2.45, 2.75) is 75.2 Å². The van der Waals surface area contributed by atoms with Crippen molar-refractivity contribution in [2.24, 2.45) is 5.92 Å². The van der Waals surface area contributed by atoms with Gasteiger partial charge in [-0.1, -0.05) is 117 Å². The first kappa shape index (κ1) is 34.2. The molecule has 4 aromatic carbocycles. The smallest absolute Gasteiger partial charge is 0.240 e. The summed E-state index contributed by atoms with van der Waals surface area (Å²) in [6.07, 6.45) is 6.12. The Balaban J connectivity index is 1.24. The minimum Gasteiger partial charge on any atom is -0.392 e. The van der Waals surface area contributed by atoms with E-state index in [-0.39, 0.29) is 36.2 Å². The molecule has 0 radical (unpaired) electrons. The van der Waals surface area contributed by atoms with Gasteiger partial charge in [-0.05, 0) is 52.8 Å². The van der Waals surface area contributed by atoms with E-state index in [9.17, 15) is 13.5 Å². The summed E-state index contributed by atoms with van der Waals surface area (Å²) in [4.78, 5) is 2.77. The first-order valence-electron chi connectivity index (χ1n) is 16.9. The summed E-state index contributed by atoms with van der Waals surface area (Å²) in [5.74, 6) is 0.0979. The van der Waals surface area contributed by atoms with E-state index in [0.29, 0.717) is 6.04 Å². The highest BCUT2D eigenvalue weighted by Crippen LogP contribution is 2.42. The summed E-state index contributed by atoms with van der Waals surface area (Å²) >= 11 is 0. The fourth-order valence-electron chi connectivity index (χ4n) is 7.00. The zero-order valence-corrected chi connectivity index (χ0v) is 28.4. The molecule has 1 aliphatic carbocycles. The average Bonchev–Trinajstić information content (AvgIpc) is 3.67. The lowest BCUT2D eigenvalue weighted by molar-refractivity contribution is -0.276. The third-order valence-electron chi connectivity index (χ3n) is 9.76. The van der Waals surface area contributed by atoms with Gasteiger partial charge in [0.15, 0.2) is 6.29 Å². The highest BCUT2D eigenvalue weighted by atomic mass is 32.2. The first-order chi connectivity index (χ1) is 23.4. The Kier molecular flexibility index (Phi) is 11.2. The molecule has 0 amide bonds. The predicted molar refractivity (Wildman–Crippen MR) is 189 cm³/mol. The lowest BCUT2D eigenvalue weighted by Crippen LogP contribution is -2.47. The highest BCUT2D eigenvalue weighted by Gasteiger charge is 2.40. The van der Waals surface area contributed by atoms with Crippen molar-refractivity contribution < 1.29 is 23.0 Å². The van der Waals surface area contributed by atoms with E-state index in [0.717, 1.165) is 46.5 Å². The van der Waals surface area contributed by atoms with Gasteiger partial charge in [0.05, 0.1) is 23.7 Å². The molecule has 0 aromatic heterocycles. The van der Waals surface area contributed by atoms with Crippen LogP contribution in [0.2, 0.25) is 0 Å². The largest absolute Gasteiger partial charge is 0.392 e. The number of aliphatic hydroxyl groups excluding tert-OH is 1. The van der Waals surface area contributed by atoms with Gasteiger partial charge in [0, 0.05) is 37.2 Å². The third-order valence-corrected chi connectivity index (χ3v) is 11.2. The molecule has 7 nitrogen and oxygen atoms in total. The fraction of sp³-hybridized carbons (Fsp3) is 0.350. The Morgan fingerprint density at radius 3 is 2.23 bits per heavy atom. The quantitative estimate of drug-likeness (QED) is 0.143. The standard InChI is InChI=1S/C40H46N2O5S/c1-3-25-42(35-12-8-9-13-35)27-38-29(2)39(32-19-17-30(28-43)18-20-32)47-40(46-38)33-23-21-31(22-24-33)37-16-10-7-11-34(37)26-41-48(44,45)36-14-5-4-6-15-36/h3-7,10-11,14-24,29,35,38-41,43H,1,8-9,12-13,25-28H2,2H3/t29-,38+,39+,40+/m1/s1. The van der Waals surface area contributed by atoms with Gasteiger partial charge < -0.3 is 14.6 Å². The second-order valence-electron chi connectivity index (χ2n) is 12.9. The van der Waals surface area contributed by atoms with Gasteiger partial charge in [-0.2, -0.15) is 0 Å². The van der Waals surface area contributed by atoms with Gasteiger partial charge in [0.1, 0.15) is 0 Å². The molecule has 4 aromatic rings. The van der Waals surface area contributed by atoms with Crippen LogP contribution in [0, 0.1) is 5.92 Å². The summed E-state index contributed by atoms with van der Waals surface area (Å²) in [7, 11) is -3.64. The SMILES string of the molecule is C=CCN(C[C@@H]1O[C@H](c2ccc(-c3ccccc3CNS(=O)(=O)c3ccccc3)cc2)O[C@H](c2ccc(CO)cc2)[C@@H]1C)C1CCCC1. The number of nitrogens with one attached hydrogen (secondary N) is 1. The number of hydrogen-bond acceptors (Lipinski definition) is 6. The number of rotatable bonds is 13. The number of sulfonamides is 1. The molecule has 2 aliphatic rings. The molecule has 2 fully saturated rings. The Bertz CT molecular complexity index is 1740. The molecule has 8 heteroatoms. The van der Waals surface area contributed by atoms with E-state index in [1.54, 1.807) is 30.3 Å². The van der Waals surface area contributed by atoms with Crippen LogP contribution in [0.1, 0.15) is 67.3 Å². The lowest BCUT2D eigenvalue weighted by Gasteiger charge is -2.43. The zero-order chi connectivity index (χ0) is 33.5. The van der Waals surface area contributed by atoms with Crippen molar-refractivity contribution in [1.29, 1.82) is 0 Å². The minimum absolute atomic E-state index is 0.00198. The van der Waals surface area contributed by atoms with Gasteiger partial charge in [0.25, 0.3) is 0 Å². The van der Waals surface area contributed by atoms with Crippen LogP contribution in [0.15, 0.2) is 121 Å². The Labute approximate surface area is 285 Å². The third kappa shape index (κ3) is 7.97.